The summed E-state index contributed by atoms with van der Waals surface area (Å²) in [6.45, 7) is 12.3. The number of aliphatic hydroxyl groups is 1. The number of piperidine rings is 1. The first-order valence-corrected chi connectivity index (χ1v) is 16.4. The first-order valence-electron chi connectivity index (χ1n) is 14.5. The fourth-order valence-electron chi connectivity index (χ4n) is 5.66. The normalized spacial score (nSPS) is 19.7. The van der Waals surface area contributed by atoms with Gasteiger partial charge in [-0.25, -0.2) is 9.59 Å². The Morgan fingerprint density at radius 2 is 1.31 bits per heavy atom. The standard InChI is InChI=1S/C34H43NO6Si/c1-33(2,3)41-32(38)35-22-26(30(29(36)23-35)40-31(37)25-16-10-7-11-17-25)24-39-42(34(4,5)6,27-18-12-8-13-19-27)28-20-14-9-15-21-28/h7-21,26,29-30,36H,22-24H2,1-6H3/t26-,29+,30+/m1/s1. The first-order chi connectivity index (χ1) is 19.8. The summed E-state index contributed by atoms with van der Waals surface area (Å²) in [5.41, 5.74) is -0.300. The van der Waals surface area contributed by atoms with Crippen molar-refractivity contribution in [1.82, 2.24) is 4.90 Å². The van der Waals surface area contributed by atoms with Crippen LogP contribution in [0.5, 0.6) is 0 Å². The molecule has 3 aromatic carbocycles. The number of hydrogen-bond donors (Lipinski definition) is 1. The van der Waals surface area contributed by atoms with Crippen LogP contribution in [0.1, 0.15) is 51.9 Å². The SMILES string of the molecule is CC(C)(C)OC(=O)N1C[C@H](CO[Si](c2ccccc2)(c2ccccc2)C(C)(C)C)[C@H](OC(=O)c2ccccc2)[C@@H](O)C1. The maximum atomic E-state index is 13.1. The Labute approximate surface area is 250 Å². The summed E-state index contributed by atoms with van der Waals surface area (Å²) in [5, 5.41) is 13.3. The molecule has 0 aromatic heterocycles. The first kappa shape index (κ1) is 31.5. The van der Waals surface area contributed by atoms with Crippen molar-refractivity contribution in [2.24, 2.45) is 5.92 Å². The molecule has 3 aromatic rings. The highest BCUT2D eigenvalue weighted by Gasteiger charge is 2.51. The van der Waals surface area contributed by atoms with Gasteiger partial charge in [0, 0.05) is 19.1 Å². The third-order valence-corrected chi connectivity index (χ3v) is 12.5. The minimum Gasteiger partial charge on any atom is -0.455 e. The molecule has 1 N–H and O–H groups in total. The Balaban J connectivity index is 1.71. The van der Waals surface area contributed by atoms with Crippen molar-refractivity contribution in [1.29, 1.82) is 0 Å². The van der Waals surface area contributed by atoms with Gasteiger partial charge in [0.25, 0.3) is 8.32 Å². The molecule has 1 heterocycles. The van der Waals surface area contributed by atoms with Gasteiger partial charge in [-0.2, -0.15) is 0 Å². The predicted molar refractivity (Wildman–Crippen MR) is 167 cm³/mol. The molecule has 1 saturated heterocycles. The monoisotopic (exact) mass is 589 g/mol. The molecule has 1 aliphatic rings. The van der Waals surface area contributed by atoms with E-state index in [1.165, 1.54) is 4.90 Å². The van der Waals surface area contributed by atoms with Crippen molar-refractivity contribution in [3.8, 4) is 0 Å². The molecular formula is C34H43NO6Si. The van der Waals surface area contributed by atoms with Gasteiger partial charge in [-0.15, -0.1) is 0 Å². The number of esters is 1. The van der Waals surface area contributed by atoms with E-state index in [0.717, 1.165) is 10.4 Å². The summed E-state index contributed by atoms with van der Waals surface area (Å²) in [7, 11) is -2.93. The fourth-order valence-corrected chi connectivity index (χ4v) is 10.3. The Morgan fingerprint density at radius 3 is 1.79 bits per heavy atom. The van der Waals surface area contributed by atoms with Crippen molar-refractivity contribution in [2.75, 3.05) is 19.7 Å². The second-order valence-corrected chi connectivity index (χ2v) is 17.2. The maximum Gasteiger partial charge on any atom is 0.410 e. The lowest BCUT2D eigenvalue weighted by atomic mass is 9.93. The van der Waals surface area contributed by atoms with E-state index in [1.807, 2.05) is 42.5 Å². The number of carbonyl (C=O) groups excluding carboxylic acids is 2. The molecule has 0 saturated carbocycles. The molecule has 0 bridgehead atoms. The highest BCUT2D eigenvalue weighted by Crippen LogP contribution is 2.38. The summed E-state index contributed by atoms with van der Waals surface area (Å²) in [5.74, 6) is -1.03. The predicted octanol–water partition coefficient (Wildman–Crippen LogP) is 5.02. The minimum atomic E-state index is -2.93. The molecule has 8 heteroatoms. The lowest BCUT2D eigenvalue weighted by Gasteiger charge is -2.46. The molecule has 3 atom stereocenters. The lowest BCUT2D eigenvalue weighted by molar-refractivity contribution is -0.0944. The van der Waals surface area contributed by atoms with Gasteiger partial charge in [0.05, 0.1) is 12.1 Å². The summed E-state index contributed by atoms with van der Waals surface area (Å²) >= 11 is 0. The quantitative estimate of drug-likeness (QED) is 0.308. The van der Waals surface area contributed by atoms with E-state index in [1.54, 1.807) is 45.0 Å². The number of likely N-dealkylation sites (tertiary alicyclic amines) is 1. The van der Waals surface area contributed by atoms with Crippen LogP contribution >= 0.6 is 0 Å². The molecular weight excluding hydrogens is 546 g/mol. The molecule has 224 valence electrons. The molecule has 1 amide bonds. The van der Waals surface area contributed by atoms with Crippen LogP contribution in [0, 0.1) is 5.92 Å². The summed E-state index contributed by atoms with van der Waals surface area (Å²) in [6, 6.07) is 29.2. The van der Waals surface area contributed by atoms with Crippen molar-refractivity contribution >= 4 is 30.8 Å². The largest absolute Gasteiger partial charge is 0.455 e. The number of aliphatic hydroxyl groups excluding tert-OH is 1. The summed E-state index contributed by atoms with van der Waals surface area (Å²) in [6.07, 6.45) is -2.52. The second kappa shape index (κ2) is 12.8. The Morgan fingerprint density at radius 1 is 0.810 bits per heavy atom. The molecule has 0 spiro atoms. The number of benzene rings is 3. The van der Waals surface area contributed by atoms with E-state index < -0.39 is 44.1 Å². The van der Waals surface area contributed by atoms with Gasteiger partial charge < -0.3 is 23.9 Å². The number of hydrogen-bond acceptors (Lipinski definition) is 6. The van der Waals surface area contributed by atoms with E-state index in [4.69, 9.17) is 13.9 Å². The molecule has 0 radical (unpaired) electrons. The average molecular weight is 590 g/mol. The van der Waals surface area contributed by atoms with Gasteiger partial charge in [-0.3, -0.25) is 0 Å². The van der Waals surface area contributed by atoms with Crippen LogP contribution in [-0.2, 0) is 13.9 Å². The number of rotatable bonds is 7. The van der Waals surface area contributed by atoms with Crippen LogP contribution in [0.3, 0.4) is 0 Å². The Hall–Kier alpha value is -3.46. The van der Waals surface area contributed by atoms with Crippen LogP contribution in [-0.4, -0.2) is 67.9 Å². The van der Waals surface area contributed by atoms with Gasteiger partial charge in [0.2, 0.25) is 0 Å². The highest BCUT2D eigenvalue weighted by molar-refractivity contribution is 6.99. The van der Waals surface area contributed by atoms with E-state index >= 15 is 0 Å². The van der Waals surface area contributed by atoms with E-state index in [2.05, 4.69) is 45.0 Å². The van der Waals surface area contributed by atoms with E-state index in [-0.39, 0.29) is 24.7 Å². The van der Waals surface area contributed by atoms with Crippen molar-refractivity contribution in [2.45, 2.75) is 64.4 Å². The maximum absolute atomic E-state index is 13.1. The smallest absolute Gasteiger partial charge is 0.410 e. The second-order valence-electron chi connectivity index (χ2n) is 12.9. The van der Waals surface area contributed by atoms with Crippen LogP contribution < -0.4 is 10.4 Å². The zero-order valence-corrected chi connectivity index (χ0v) is 26.4. The number of nitrogens with zero attached hydrogens (tertiary/aromatic N) is 1. The topological polar surface area (TPSA) is 85.3 Å². The van der Waals surface area contributed by atoms with E-state index in [0.29, 0.717) is 5.56 Å². The summed E-state index contributed by atoms with van der Waals surface area (Å²) < 4.78 is 18.8. The van der Waals surface area contributed by atoms with Gasteiger partial charge in [-0.05, 0) is 48.3 Å². The molecule has 7 nitrogen and oxygen atoms in total. The van der Waals surface area contributed by atoms with E-state index in [9.17, 15) is 14.7 Å². The molecule has 1 aliphatic heterocycles. The molecule has 0 unspecified atom stereocenters. The van der Waals surface area contributed by atoms with Crippen molar-refractivity contribution in [3.63, 3.8) is 0 Å². The van der Waals surface area contributed by atoms with Crippen LogP contribution in [0.4, 0.5) is 4.79 Å². The van der Waals surface area contributed by atoms with Crippen molar-refractivity contribution < 1.29 is 28.6 Å². The van der Waals surface area contributed by atoms with Crippen LogP contribution in [0.25, 0.3) is 0 Å². The van der Waals surface area contributed by atoms with Gasteiger partial charge in [-0.1, -0.05) is 99.6 Å². The molecule has 0 aliphatic carbocycles. The van der Waals surface area contributed by atoms with Crippen molar-refractivity contribution in [3.05, 3.63) is 96.6 Å². The van der Waals surface area contributed by atoms with Crippen LogP contribution in [0.15, 0.2) is 91.0 Å². The number of β-amino-alcohol motifs (C(OH)–C–C–N with tert-alkyl or cyclic N) is 1. The average Bonchev–Trinajstić information content (AvgIpc) is 2.94. The lowest BCUT2D eigenvalue weighted by Crippen LogP contribution is -2.67. The van der Waals surface area contributed by atoms with Gasteiger partial charge in [0.15, 0.2) is 0 Å². The zero-order chi connectivity index (χ0) is 30.5. The molecule has 1 fully saturated rings. The third kappa shape index (κ3) is 7.11. The highest BCUT2D eigenvalue weighted by atomic mass is 28.4. The minimum absolute atomic E-state index is 0.0165. The molecule has 42 heavy (non-hydrogen) atoms. The molecule has 4 rings (SSSR count). The number of amides is 1. The van der Waals surface area contributed by atoms with Gasteiger partial charge in [0.1, 0.15) is 17.8 Å². The number of ether oxygens (including phenoxy) is 2. The zero-order valence-electron chi connectivity index (χ0n) is 25.4. The summed E-state index contributed by atoms with van der Waals surface area (Å²) in [4.78, 5) is 27.7. The number of carbonyl (C=O) groups is 2. The Kier molecular flexibility index (Phi) is 9.60. The van der Waals surface area contributed by atoms with Gasteiger partial charge >= 0.3 is 12.1 Å². The Bertz CT molecular complexity index is 1280. The third-order valence-electron chi connectivity index (χ3n) is 7.54. The fraction of sp³-hybridized carbons (Fsp3) is 0.412. The van der Waals surface area contributed by atoms with Crippen LogP contribution in [0.2, 0.25) is 5.04 Å².